The Labute approximate surface area is 199 Å². The third-order valence-corrected chi connectivity index (χ3v) is 7.05. The molecule has 0 spiro atoms. The number of anilines is 3. The molecule has 2 aromatic heterocycles. The van der Waals surface area contributed by atoms with Gasteiger partial charge in [-0.05, 0) is 30.0 Å². The number of nitrogens with zero attached hydrogens (tertiary/aromatic N) is 3. The number of nitrogens with one attached hydrogen (secondary N) is 1. The van der Waals surface area contributed by atoms with Crippen molar-refractivity contribution in [2.75, 3.05) is 48.9 Å². The molecule has 5 heterocycles. The van der Waals surface area contributed by atoms with Gasteiger partial charge in [-0.3, -0.25) is 4.90 Å². The second kappa shape index (κ2) is 8.21. The van der Waals surface area contributed by atoms with E-state index in [0.717, 1.165) is 5.56 Å². The van der Waals surface area contributed by atoms with Crippen molar-refractivity contribution in [3.8, 4) is 17.0 Å². The predicted molar refractivity (Wildman–Crippen MR) is 126 cm³/mol. The maximum Gasteiger partial charge on any atom is 0.413 e. The zero-order chi connectivity index (χ0) is 24.3. The lowest BCUT2D eigenvalue weighted by atomic mass is 9.96. The molecule has 2 saturated heterocycles. The topological polar surface area (TPSA) is 132 Å². The van der Waals surface area contributed by atoms with Crippen molar-refractivity contribution in [1.82, 2.24) is 9.97 Å². The van der Waals surface area contributed by atoms with Crippen LogP contribution in [0.1, 0.15) is 5.56 Å². The van der Waals surface area contributed by atoms with Crippen LogP contribution in [0.3, 0.4) is 0 Å². The van der Waals surface area contributed by atoms with Crippen LogP contribution in [0.15, 0.2) is 24.5 Å². The first-order valence-corrected chi connectivity index (χ1v) is 11.4. The largest absolute Gasteiger partial charge is 0.474 e. The molecule has 1 aromatic carbocycles. The van der Waals surface area contributed by atoms with Gasteiger partial charge in [-0.2, -0.15) is 0 Å². The minimum Gasteiger partial charge on any atom is -0.474 e. The van der Waals surface area contributed by atoms with Crippen LogP contribution in [-0.2, 0) is 9.47 Å². The van der Waals surface area contributed by atoms with Crippen molar-refractivity contribution in [3.63, 3.8) is 0 Å². The molecular formula is C24H24FN5O5. The first-order chi connectivity index (χ1) is 16.9. The van der Waals surface area contributed by atoms with Crippen LogP contribution in [0.2, 0.25) is 0 Å². The third kappa shape index (κ3) is 3.41. The molecule has 3 aromatic rings. The highest BCUT2D eigenvalue weighted by Crippen LogP contribution is 2.40. The number of halogens is 1. The number of nitrogen functional groups attached to an aromatic ring is 1. The average molecular weight is 481 g/mol. The number of pyridine rings is 2. The summed E-state index contributed by atoms with van der Waals surface area (Å²) in [5.41, 5.74) is 8.45. The molecule has 35 heavy (non-hydrogen) atoms. The fourth-order valence-electron chi connectivity index (χ4n) is 5.21. The molecule has 3 aliphatic heterocycles. The highest BCUT2D eigenvalue weighted by molar-refractivity contribution is 5.99. The maximum atomic E-state index is 15.4. The third-order valence-electron chi connectivity index (χ3n) is 7.05. The first kappa shape index (κ1) is 21.8. The zero-order valence-corrected chi connectivity index (χ0v) is 19.0. The smallest absolute Gasteiger partial charge is 0.413 e. The normalized spacial score (nSPS) is 22.9. The summed E-state index contributed by atoms with van der Waals surface area (Å²) in [6.07, 6.45) is 1.70. The van der Waals surface area contributed by atoms with Gasteiger partial charge < -0.3 is 30.4 Å². The number of rotatable bonds is 3. The van der Waals surface area contributed by atoms with Crippen LogP contribution < -0.4 is 20.7 Å². The lowest BCUT2D eigenvalue weighted by Gasteiger charge is -2.28. The van der Waals surface area contributed by atoms with Gasteiger partial charge >= 0.3 is 6.09 Å². The lowest BCUT2D eigenvalue weighted by molar-refractivity contribution is 0.0685. The molecule has 3 aliphatic rings. The number of aromatic nitrogens is 2. The molecule has 4 N–H and O–H groups in total. The van der Waals surface area contributed by atoms with Gasteiger partial charge in [0.15, 0.2) is 5.82 Å². The Balaban J connectivity index is 1.46. The van der Waals surface area contributed by atoms with Crippen molar-refractivity contribution in [2.45, 2.75) is 19.1 Å². The minimum atomic E-state index is -1.14. The Morgan fingerprint density at radius 1 is 1.23 bits per heavy atom. The molecule has 3 atom stereocenters. The molecule has 1 amide bonds. The summed E-state index contributed by atoms with van der Waals surface area (Å²) in [6.45, 7) is 4.13. The van der Waals surface area contributed by atoms with E-state index >= 15 is 4.39 Å². The first-order valence-electron chi connectivity index (χ1n) is 11.4. The number of hydrogen-bond donors (Lipinski definition) is 3. The molecule has 10 nitrogen and oxygen atoms in total. The standard InChI is InChI=1S/C24H24FN5O5/c1-11-14(6-29-23-22(11)27-2-3-34-23)13-4-12-5-19(28-7-15(12)21(26)20(13)25)30(24(31)32)17-9-35-18-10-33-8-16(17)18/h4-7,16-18,27H,2-3,8-10,26H2,1H3,(H,31,32)/t16-,17-,18-/m1/s1. The second-order valence-corrected chi connectivity index (χ2v) is 8.96. The molecule has 2 fully saturated rings. The molecule has 0 saturated carbocycles. The number of ether oxygens (including phenoxy) is 3. The van der Waals surface area contributed by atoms with Crippen molar-refractivity contribution >= 4 is 34.1 Å². The van der Waals surface area contributed by atoms with Crippen LogP contribution in [0.4, 0.5) is 26.4 Å². The van der Waals surface area contributed by atoms with Gasteiger partial charge in [0.2, 0.25) is 5.88 Å². The molecule has 6 rings (SSSR count). The SMILES string of the molecule is Cc1c(-c2cc3cc(N(C(=O)O)[C@@H]4CO[C@@H]5COC[C@H]45)ncc3c(N)c2F)cnc2c1NCCO2. The molecule has 0 radical (unpaired) electrons. The van der Waals surface area contributed by atoms with Crippen molar-refractivity contribution in [3.05, 3.63) is 35.9 Å². The minimum absolute atomic E-state index is 0.0618. The van der Waals surface area contributed by atoms with Crippen molar-refractivity contribution in [2.24, 2.45) is 5.92 Å². The average Bonchev–Trinajstić information content (AvgIpc) is 3.47. The van der Waals surface area contributed by atoms with E-state index in [1.165, 1.54) is 11.1 Å². The number of amides is 1. The Hall–Kier alpha value is -3.70. The maximum absolute atomic E-state index is 15.4. The van der Waals surface area contributed by atoms with E-state index in [0.29, 0.717) is 54.3 Å². The quantitative estimate of drug-likeness (QED) is 0.483. The highest BCUT2D eigenvalue weighted by Gasteiger charge is 2.46. The van der Waals surface area contributed by atoms with Gasteiger partial charge in [0.05, 0.1) is 37.7 Å². The summed E-state index contributed by atoms with van der Waals surface area (Å²) >= 11 is 0. The molecule has 182 valence electrons. The number of benzene rings is 1. The van der Waals surface area contributed by atoms with E-state index in [1.807, 2.05) is 6.92 Å². The number of fused-ring (bicyclic) bond motifs is 3. The number of hydrogen-bond acceptors (Lipinski definition) is 8. The van der Waals surface area contributed by atoms with E-state index in [9.17, 15) is 9.90 Å². The van der Waals surface area contributed by atoms with Gasteiger partial charge in [0.1, 0.15) is 18.1 Å². The van der Waals surface area contributed by atoms with Gasteiger partial charge in [-0.25, -0.2) is 19.2 Å². The summed E-state index contributed by atoms with van der Waals surface area (Å²) in [7, 11) is 0. The Kier molecular flexibility index (Phi) is 5.11. The van der Waals surface area contributed by atoms with Gasteiger partial charge in [-0.15, -0.1) is 0 Å². The van der Waals surface area contributed by atoms with E-state index in [2.05, 4.69) is 15.3 Å². The number of carboxylic acid groups (broad SMARTS) is 1. The Morgan fingerprint density at radius 3 is 2.91 bits per heavy atom. The van der Waals surface area contributed by atoms with Gasteiger partial charge in [0.25, 0.3) is 0 Å². The number of nitrogens with two attached hydrogens (primary N) is 1. The van der Waals surface area contributed by atoms with E-state index < -0.39 is 18.0 Å². The molecule has 0 unspecified atom stereocenters. The van der Waals surface area contributed by atoms with Crippen LogP contribution in [-0.4, -0.2) is 66.3 Å². The Morgan fingerprint density at radius 2 is 2.09 bits per heavy atom. The predicted octanol–water partition coefficient (Wildman–Crippen LogP) is 3.03. The summed E-state index contributed by atoms with van der Waals surface area (Å²) in [5, 5.41) is 14.3. The lowest BCUT2D eigenvalue weighted by Crippen LogP contribution is -2.45. The van der Waals surface area contributed by atoms with E-state index in [4.69, 9.17) is 19.9 Å². The van der Waals surface area contributed by atoms with Crippen LogP contribution in [0, 0.1) is 18.7 Å². The molecular weight excluding hydrogens is 457 g/mol. The Bertz CT molecular complexity index is 1350. The summed E-state index contributed by atoms with van der Waals surface area (Å²) in [5.74, 6) is 0.0388. The van der Waals surface area contributed by atoms with Gasteiger partial charge in [0, 0.05) is 41.4 Å². The molecule has 0 aliphatic carbocycles. The monoisotopic (exact) mass is 481 g/mol. The fourth-order valence-corrected chi connectivity index (χ4v) is 5.21. The van der Waals surface area contributed by atoms with Crippen LogP contribution >= 0.6 is 0 Å². The van der Waals surface area contributed by atoms with E-state index in [1.54, 1.807) is 18.3 Å². The molecule has 0 bridgehead atoms. The zero-order valence-electron chi connectivity index (χ0n) is 19.0. The fraction of sp³-hybridized carbons (Fsp3) is 0.375. The van der Waals surface area contributed by atoms with Crippen LogP contribution in [0.5, 0.6) is 5.88 Å². The second-order valence-electron chi connectivity index (χ2n) is 8.96. The highest BCUT2D eigenvalue weighted by atomic mass is 19.1. The summed E-state index contributed by atoms with van der Waals surface area (Å²) in [4.78, 5) is 22.2. The summed E-state index contributed by atoms with van der Waals surface area (Å²) in [6, 6.07) is 2.84. The van der Waals surface area contributed by atoms with Crippen LogP contribution in [0.25, 0.3) is 21.9 Å². The van der Waals surface area contributed by atoms with Crippen molar-refractivity contribution < 1.29 is 28.5 Å². The summed E-state index contributed by atoms with van der Waals surface area (Å²) < 4.78 is 32.3. The van der Waals surface area contributed by atoms with E-state index in [-0.39, 0.29) is 35.7 Å². The number of carbonyl (C=O) groups is 1. The molecule has 11 heteroatoms. The van der Waals surface area contributed by atoms with Gasteiger partial charge in [-0.1, -0.05) is 0 Å². The van der Waals surface area contributed by atoms with Crippen molar-refractivity contribution in [1.29, 1.82) is 0 Å².